The summed E-state index contributed by atoms with van der Waals surface area (Å²) in [5.74, 6) is 3.38. The maximum Gasteiger partial charge on any atom is 0.222 e. The van der Waals surface area contributed by atoms with Crippen LogP contribution in [0.4, 0.5) is 17.5 Å². The number of hydrogen-bond acceptors (Lipinski definition) is 6. The van der Waals surface area contributed by atoms with Gasteiger partial charge in [0.15, 0.2) is 11.6 Å². The second-order valence-electron chi connectivity index (χ2n) is 8.18. The summed E-state index contributed by atoms with van der Waals surface area (Å²) < 4.78 is 0. The number of aryl methyl sites for hydroxylation is 1. The van der Waals surface area contributed by atoms with Gasteiger partial charge in [0.25, 0.3) is 0 Å². The lowest BCUT2D eigenvalue weighted by molar-refractivity contribution is -0.131. The highest BCUT2D eigenvalue weighted by Crippen LogP contribution is 2.28. The number of carbonyl (C=O) groups is 1. The molecule has 0 bridgehead atoms. The van der Waals surface area contributed by atoms with Crippen LogP contribution in [-0.4, -0.2) is 52.2 Å². The molecule has 1 aliphatic carbocycles. The van der Waals surface area contributed by atoms with Gasteiger partial charge in [0, 0.05) is 38.8 Å². The SMILES string of the molecule is Cc1ccnc(Nc2ccc(N3CCN(C(=O)CCC4CCCC4)CC3)nn2)c1. The molecule has 2 aromatic heterocycles. The largest absolute Gasteiger partial charge is 0.352 e. The van der Waals surface area contributed by atoms with Crippen LogP contribution < -0.4 is 10.2 Å². The molecule has 0 spiro atoms. The summed E-state index contributed by atoms with van der Waals surface area (Å²) in [6.45, 7) is 5.16. The molecule has 0 radical (unpaired) electrons. The van der Waals surface area contributed by atoms with Crippen molar-refractivity contribution in [2.75, 3.05) is 36.4 Å². The number of amides is 1. The zero-order valence-corrected chi connectivity index (χ0v) is 17.2. The molecule has 1 saturated carbocycles. The molecule has 1 saturated heterocycles. The third-order valence-electron chi connectivity index (χ3n) is 6.02. The number of anilines is 3. The van der Waals surface area contributed by atoms with Crippen molar-refractivity contribution < 1.29 is 4.79 Å². The molecular weight excluding hydrogens is 364 g/mol. The first-order valence-electron chi connectivity index (χ1n) is 10.7. The van der Waals surface area contributed by atoms with Crippen LogP contribution in [0.15, 0.2) is 30.5 Å². The molecule has 7 heteroatoms. The van der Waals surface area contributed by atoms with E-state index < -0.39 is 0 Å². The van der Waals surface area contributed by atoms with Gasteiger partial charge in [-0.25, -0.2) is 4.98 Å². The van der Waals surface area contributed by atoms with E-state index in [-0.39, 0.29) is 0 Å². The second kappa shape index (κ2) is 9.20. The lowest BCUT2D eigenvalue weighted by atomic mass is 10.0. The van der Waals surface area contributed by atoms with Crippen LogP contribution in [0.2, 0.25) is 0 Å². The van der Waals surface area contributed by atoms with Crippen molar-refractivity contribution in [1.29, 1.82) is 0 Å². The number of nitrogens with one attached hydrogen (secondary N) is 1. The van der Waals surface area contributed by atoms with Gasteiger partial charge >= 0.3 is 0 Å². The fourth-order valence-electron chi connectivity index (χ4n) is 4.27. The highest BCUT2D eigenvalue weighted by molar-refractivity contribution is 5.76. The van der Waals surface area contributed by atoms with Gasteiger partial charge in [-0.05, 0) is 49.1 Å². The quantitative estimate of drug-likeness (QED) is 0.808. The van der Waals surface area contributed by atoms with Gasteiger partial charge in [-0.1, -0.05) is 25.7 Å². The first kappa shape index (κ1) is 19.6. The number of aromatic nitrogens is 3. The number of pyridine rings is 1. The molecule has 7 nitrogen and oxygen atoms in total. The van der Waals surface area contributed by atoms with Gasteiger partial charge in [-0.3, -0.25) is 4.79 Å². The Morgan fingerprint density at radius 3 is 2.55 bits per heavy atom. The zero-order valence-electron chi connectivity index (χ0n) is 17.2. The molecule has 2 aromatic rings. The molecule has 0 unspecified atom stereocenters. The number of rotatable bonds is 6. The fourth-order valence-corrected chi connectivity index (χ4v) is 4.27. The van der Waals surface area contributed by atoms with Crippen molar-refractivity contribution in [2.45, 2.75) is 45.4 Å². The average Bonchev–Trinajstić information content (AvgIpc) is 3.26. The van der Waals surface area contributed by atoms with E-state index in [1.54, 1.807) is 6.20 Å². The minimum absolute atomic E-state index is 0.313. The maximum atomic E-state index is 12.5. The summed E-state index contributed by atoms with van der Waals surface area (Å²) in [5.41, 5.74) is 1.14. The van der Waals surface area contributed by atoms with Crippen molar-refractivity contribution in [2.24, 2.45) is 5.92 Å². The number of piperazine rings is 1. The minimum atomic E-state index is 0.313. The standard InChI is InChI=1S/C22H30N6O/c1-17-10-11-23-20(16-17)24-19-7-8-21(26-25-19)27-12-14-28(15-13-27)22(29)9-6-18-4-2-3-5-18/h7-8,10-11,16,18H,2-6,9,12-15H2,1H3,(H,23,24,25). The van der Waals surface area contributed by atoms with E-state index in [4.69, 9.17) is 0 Å². The topological polar surface area (TPSA) is 74.2 Å². The van der Waals surface area contributed by atoms with E-state index in [2.05, 4.69) is 25.4 Å². The van der Waals surface area contributed by atoms with Crippen LogP contribution in [-0.2, 0) is 4.79 Å². The van der Waals surface area contributed by atoms with Crippen LogP contribution >= 0.6 is 0 Å². The van der Waals surface area contributed by atoms with Crippen molar-refractivity contribution >= 4 is 23.4 Å². The van der Waals surface area contributed by atoms with Gasteiger partial charge in [0.05, 0.1) is 0 Å². The van der Waals surface area contributed by atoms with Gasteiger partial charge in [0.2, 0.25) is 5.91 Å². The Balaban J connectivity index is 1.25. The third-order valence-corrected chi connectivity index (χ3v) is 6.02. The number of carbonyl (C=O) groups excluding carboxylic acids is 1. The van der Waals surface area contributed by atoms with Gasteiger partial charge in [0.1, 0.15) is 5.82 Å². The normalized spacial score (nSPS) is 17.6. The highest BCUT2D eigenvalue weighted by Gasteiger charge is 2.23. The highest BCUT2D eigenvalue weighted by atomic mass is 16.2. The van der Waals surface area contributed by atoms with Crippen molar-refractivity contribution in [3.63, 3.8) is 0 Å². The molecule has 2 aliphatic rings. The van der Waals surface area contributed by atoms with E-state index in [1.165, 1.54) is 25.7 Å². The molecule has 29 heavy (non-hydrogen) atoms. The Labute approximate surface area is 172 Å². The fraction of sp³-hybridized carbons (Fsp3) is 0.545. The van der Waals surface area contributed by atoms with Crippen molar-refractivity contribution in [1.82, 2.24) is 20.1 Å². The summed E-state index contributed by atoms with van der Waals surface area (Å²) in [7, 11) is 0. The van der Waals surface area contributed by atoms with E-state index in [0.29, 0.717) is 18.1 Å². The monoisotopic (exact) mass is 394 g/mol. The first-order valence-corrected chi connectivity index (χ1v) is 10.7. The van der Waals surface area contributed by atoms with E-state index >= 15 is 0 Å². The first-order chi connectivity index (χ1) is 14.2. The van der Waals surface area contributed by atoms with Gasteiger partial charge < -0.3 is 15.1 Å². The zero-order chi connectivity index (χ0) is 20.1. The van der Waals surface area contributed by atoms with Crippen LogP contribution in [0, 0.1) is 12.8 Å². The molecule has 1 aliphatic heterocycles. The third kappa shape index (κ3) is 5.22. The molecule has 2 fully saturated rings. The van der Waals surface area contributed by atoms with Crippen LogP contribution in [0.25, 0.3) is 0 Å². The van der Waals surface area contributed by atoms with Gasteiger partial charge in [-0.15, -0.1) is 10.2 Å². The van der Waals surface area contributed by atoms with E-state index in [1.807, 2.05) is 36.1 Å². The molecule has 1 amide bonds. The molecule has 0 atom stereocenters. The molecule has 3 heterocycles. The summed E-state index contributed by atoms with van der Waals surface area (Å²) in [6, 6.07) is 7.83. The summed E-state index contributed by atoms with van der Waals surface area (Å²) in [5, 5.41) is 11.8. The summed E-state index contributed by atoms with van der Waals surface area (Å²) in [4.78, 5) is 21.0. The summed E-state index contributed by atoms with van der Waals surface area (Å²) >= 11 is 0. The Morgan fingerprint density at radius 1 is 1.07 bits per heavy atom. The molecule has 0 aromatic carbocycles. The predicted molar refractivity (Wildman–Crippen MR) is 114 cm³/mol. The lowest BCUT2D eigenvalue weighted by Gasteiger charge is -2.35. The molecular formula is C22H30N6O. The van der Waals surface area contributed by atoms with E-state index in [9.17, 15) is 4.79 Å². The van der Waals surface area contributed by atoms with Crippen molar-refractivity contribution in [3.05, 3.63) is 36.0 Å². The summed E-state index contributed by atoms with van der Waals surface area (Å²) in [6.07, 6.45) is 8.85. The van der Waals surface area contributed by atoms with Crippen LogP contribution in [0.3, 0.4) is 0 Å². The smallest absolute Gasteiger partial charge is 0.222 e. The Hall–Kier alpha value is -2.70. The Morgan fingerprint density at radius 2 is 1.86 bits per heavy atom. The number of hydrogen-bond donors (Lipinski definition) is 1. The van der Waals surface area contributed by atoms with Gasteiger partial charge in [-0.2, -0.15) is 0 Å². The average molecular weight is 395 g/mol. The minimum Gasteiger partial charge on any atom is -0.352 e. The molecule has 4 rings (SSSR count). The lowest BCUT2D eigenvalue weighted by Crippen LogP contribution is -2.49. The van der Waals surface area contributed by atoms with Crippen LogP contribution in [0.5, 0.6) is 0 Å². The Bertz CT molecular complexity index is 810. The maximum absolute atomic E-state index is 12.5. The van der Waals surface area contributed by atoms with Crippen LogP contribution in [0.1, 0.15) is 44.1 Å². The number of nitrogens with zero attached hydrogens (tertiary/aromatic N) is 5. The molecule has 154 valence electrons. The second-order valence-corrected chi connectivity index (χ2v) is 8.18. The van der Waals surface area contributed by atoms with E-state index in [0.717, 1.165) is 55.7 Å². The molecule has 1 N–H and O–H groups in total. The Kier molecular flexibility index (Phi) is 6.22. The predicted octanol–water partition coefficient (Wildman–Crippen LogP) is 3.54. The van der Waals surface area contributed by atoms with Crippen molar-refractivity contribution in [3.8, 4) is 0 Å².